The van der Waals surface area contributed by atoms with Crippen molar-refractivity contribution in [1.82, 2.24) is 15.1 Å². The molecular weight excluding hydrogens is 262 g/mol. The van der Waals surface area contributed by atoms with Gasteiger partial charge in [0.15, 0.2) is 0 Å². The Morgan fingerprint density at radius 2 is 1.95 bits per heavy atom. The topological polar surface area (TPSA) is 35.6 Å². The van der Waals surface area contributed by atoms with E-state index in [0.29, 0.717) is 6.54 Å². The number of benzene rings is 1. The van der Waals surface area contributed by atoms with Crippen molar-refractivity contribution in [3.8, 4) is 12.3 Å². The molecule has 1 atom stereocenters. The summed E-state index contributed by atoms with van der Waals surface area (Å²) in [5, 5.41) is 3.37. The fourth-order valence-corrected chi connectivity index (χ4v) is 3.10. The number of rotatable bonds is 2. The highest BCUT2D eigenvalue weighted by Crippen LogP contribution is 2.18. The molecule has 0 aliphatic carbocycles. The minimum atomic E-state index is -0.0842. The average molecular weight is 283 g/mol. The van der Waals surface area contributed by atoms with Crippen molar-refractivity contribution in [3.63, 3.8) is 0 Å². The van der Waals surface area contributed by atoms with Crippen molar-refractivity contribution in [3.05, 3.63) is 35.4 Å². The molecule has 1 saturated heterocycles. The number of nitrogens with zero attached hydrogens (tertiary/aromatic N) is 2. The second-order valence-corrected chi connectivity index (χ2v) is 5.71. The number of carbonyl (C=O) groups is 1. The van der Waals surface area contributed by atoms with E-state index < -0.39 is 0 Å². The van der Waals surface area contributed by atoms with Crippen molar-refractivity contribution in [2.45, 2.75) is 19.0 Å². The zero-order chi connectivity index (χ0) is 14.7. The predicted molar refractivity (Wildman–Crippen MR) is 82.6 cm³/mol. The third-order valence-electron chi connectivity index (χ3n) is 4.38. The molecule has 0 radical (unpaired) electrons. The maximum Gasteiger partial charge on any atom is 0.240 e. The Morgan fingerprint density at radius 3 is 2.67 bits per heavy atom. The summed E-state index contributed by atoms with van der Waals surface area (Å²) in [7, 11) is 0. The van der Waals surface area contributed by atoms with Crippen LogP contribution in [-0.4, -0.2) is 54.5 Å². The van der Waals surface area contributed by atoms with E-state index in [1.807, 2.05) is 17.0 Å². The molecule has 0 unspecified atom stereocenters. The first-order valence-corrected chi connectivity index (χ1v) is 7.52. The van der Waals surface area contributed by atoms with Gasteiger partial charge in [-0.05, 0) is 17.5 Å². The highest BCUT2D eigenvalue weighted by atomic mass is 16.2. The smallest absolute Gasteiger partial charge is 0.240 e. The normalized spacial score (nSPS) is 22.4. The fraction of sp³-hybridized carbons (Fsp3) is 0.471. The van der Waals surface area contributed by atoms with Gasteiger partial charge in [0.1, 0.15) is 0 Å². The number of hydrogen-bond acceptors (Lipinski definition) is 3. The Hall–Kier alpha value is -1.83. The van der Waals surface area contributed by atoms with Crippen LogP contribution in [0.5, 0.6) is 0 Å². The summed E-state index contributed by atoms with van der Waals surface area (Å²) in [4.78, 5) is 16.8. The monoisotopic (exact) mass is 283 g/mol. The van der Waals surface area contributed by atoms with Crippen LogP contribution in [0.3, 0.4) is 0 Å². The lowest BCUT2D eigenvalue weighted by molar-refractivity contribution is -0.135. The van der Waals surface area contributed by atoms with Crippen LogP contribution in [0, 0.1) is 12.3 Å². The van der Waals surface area contributed by atoms with Gasteiger partial charge in [0.2, 0.25) is 5.91 Å². The molecule has 3 rings (SSSR count). The highest BCUT2D eigenvalue weighted by Gasteiger charge is 2.29. The summed E-state index contributed by atoms with van der Waals surface area (Å²) < 4.78 is 0. The van der Waals surface area contributed by atoms with E-state index in [4.69, 9.17) is 6.42 Å². The quantitative estimate of drug-likeness (QED) is 0.802. The van der Waals surface area contributed by atoms with Crippen LogP contribution in [0.1, 0.15) is 11.1 Å². The Bertz CT molecular complexity index is 555. The summed E-state index contributed by atoms with van der Waals surface area (Å²) in [6.45, 7) is 4.76. The lowest BCUT2D eigenvalue weighted by atomic mass is 9.95. The van der Waals surface area contributed by atoms with E-state index >= 15 is 0 Å². The van der Waals surface area contributed by atoms with Gasteiger partial charge in [-0.3, -0.25) is 9.69 Å². The van der Waals surface area contributed by atoms with Crippen LogP contribution < -0.4 is 5.32 Å². The van der Waals surface area contributed by atoms with Gasteiger partial charge in [0.05, 0.1) is 12.6 Å². The number of hydrogen-bond donors (Lipinski definition) is 1. The number of nitrogens with one attached hydrogen (secondary N) is 1. The lowest BCUT2D eigenvalue weighted by Gasteiger charge is -2.37. The Labute approximate surface area is 126 Å². The van der Waals surface area contributed by atoms with Gasteiger partial charge < -0.3 is 10.2 Å². The second kappa shape index (κ2) is 6.30. The van der Waals surface area contributed by atoms with Crippen molar-refractivity contribution in [2.24, 2.45) is 0 Å². The van der Waals surface area contributed by atoms with E-state index in [1.54, 1.807) is 0 Å². The van der Waals surface area contributed by atoms with Gasteiger partial charge >= 0.3 is 0 Å². The molecule has 1 aromatic carbocycles. The van der Waals surface area contributed by atoms with E-state index in [-0.39, 0.29) is 11.9 Å². The van der Waals surface area contributed by atoms with Crippen LogP contribution in [0.2, 0.25) is 0 Å². The predicted octanol–water partition coefficient (Wildman–Crippen LogP) is 0.478. The van der Waals surface area contributed by atoms with E-state index in [0.717, 1.165) is 39.1 Å². The summed E-state index contributed by atoms with van der Waals surface area (Å²) in [5.41, 5.74) is 2.60. The summed E-state index contributed by atoms with van der Waals surface area (Å²) in [6, 6.07) is 8.26. The largest absolute Gasteiger partial charge is 0.339 e. The van der Waals surface area contributed by atoms with Crippen LogP contribution in [0.15, 0.2) is 24.3 Å². The second-order valence-electron chi connectivity index (χ2n) is 5.71. The Kier molecular flexibility index (Phi) is 4.23. The number of piperazine rings is 1. The molecule has 0 spiro atoms. The molecule has 1 aromatic rings. The molecule has 2 heterocycles. The molecule has 4 heteroatoms. The molecule has 1 N–H and O–H groups in total. The molecule has 4 nitrogen and oxygen atoms in total. The number of amides is 1. The highest BCUT2D eigenvalue weighted by molar-refractivity contribution is 5.82. The first-order valence-electron chi connectivity index (χ1n) is 7.52. The SMILES string of the molecule is C#CCN1CCN(C(=O)[C@H]2Cc3ccccc3CN2)CC1. The van der Waals surface area contributed by atoms with Crippen LogP contribution in [0.4, 0.5) is 0 Å². The van der Waals surface area contributed by atoms with Crippen LogP contribution >= 0.6 is 0 Å². The molecule has 2 aliphatic heterocycles. The average Bonchev–Trinajstić information content (AvgIpc) is 2.55. The molecule has 1 fully saturated rings. The van der Waals surface area contributed by atoms with Gasteiger partial charge in [-0.15, -0.1) is 6.42 Å². The summed E-state index contributed by atoms with van der Waals surface area (Å²) in [5.74, 6) is 2.89. The summed E-state index contributed by atoms with van der Waals surface area (Å²) >= 11 is 0. The van der Waals surface area contributed by atoms with Gasteiger partial charge in [0, 0.05) is 32.7 Å². The first kappa shape index (κ1) is 14.1. The fourth-order valence-electron chi connectivity index (χ4n) is 3.10. The molecule has 1 amide bonds. The zero-order valence-corrected chi connectivity index (χ0v) is 12.2. The van der Waals surface area contributed by atoms with Crippen molar-refractivity contribution < 1.29 is 4.79 Å². The van der Waals surface area contributed by atoms with Crippen LogP contribution in [0.25, 0.3) is 0 Å². The lowest BCUT2D eigenvalue weighted by Crippen LogP contribution is -2.55. The standard InChI is InChI=1S/C17H21N3O/c1-2-7-19-8-10-20(11-9-19)17(21)16-12-14-5-3-4-6-15(14)13-18-16/h1,3-6,16,18H,7-13H2/t16-/m1/s1. The van der Waals surface area contributed by atoms with Gasteiger partial charge in [0.25, 0.3) is 0 Å². The maximum absolute atomic E-state index is 12.6. The molecule has 2 aliphatic rings. The van der Waals surface area contributed by atoms with E-state index in [1.165, 1.54) is 11.1 Å². The molecule has 21 heavy (non-hydrogen) atoms. The number of terminal acetylenes is 1. The number of carbonyl (C=O) groups excluding carboxylic acids is 1. The molecule has 0 aromatic heterocycles. The number of fused-ring (bicyclic) bond motifs is 1. The third-order valence-corrected chi connectivity index (χ3v) is 4.38. The van der Waals surface area contributed by atoms with E-state index in [2.05, 4.69) is 28.3 Å². The minimum absolute atomic E-state index is 0.0842. The molecular formula is C17H21N3O. The van der Waals surface area contributed by atoms with Gasteiger partial charge in [-0.25, -0.2) is 0 Å². The third kappa shape index (κ3) is 3.10. The van der Waals surface area contributed by atoms with Crippen molar-refractivity contribution in [2.75, 3.05) is 32.7 Å². The van der Waals surface area contributed by atoms with Crippen molar-refractivity contribution >= 4 is 5.91 Å². The van der Waals surface area contributed by atoms with Gasteiger partial charge in [-0.1, -0.05) is 30.2 Å². The molecule has 0 saturated carbocycles. The summed E-state index contributed by atoms with van der Waals surface area (Å²) in [6.07, 6.45) is 6.12. The van der Waals surface area contributed by atoms with Gasteiger partial charge in [-0.2, -0.15) is 0 Å². The van der Waals surface area contributed by atoms with E-state index in [9.17, 15) is 4.79 Å². The maximum atomic E-state index is 12.6. The minimum Gasteiger partial charge on any atom is -0.339 e. The van der Waals surface area contributed by atoms with Crippen LogP contribution in [-0.2, 0) is 17.8 Å². The Morgan fingerprint density at radius 1 is 1.24 bits per heavy atom. The molecule has 0 bridgehead atoms. The first-order chi connectivity index (χ1) is 10.3. The zero-order valence-electron chi connectivity index (χ0n) is 12.2. The Balaban J connectivity index is 1.59. The van der Waals surface area contributed by atoms with Crippen molar-refractivity contribution in [1.29, 1.82) is 0 Å². The molecule has 110 valence electrons.